The van der Waals surface area contributed by atoms with Crippen molar-refractivity contribution in [1.82, 2.24) is 10.3 Å². The Labute approximate surface area is 45.3 Å². The minimum atomic E-state index is 0.569. The highest BCUT2D eigenvalue weighted by atomic mass is 32.1. The lowest BCUT2D eigenvalue weighted by molar-refractivity contribution is 0.303. The molecule has 0 atom stereocenters. The van der Waals surface area contributed by atoms with Crippen LogP contribution in [0.25, 0.3) is 0 Å². The van der Waals surface area contributed by atoms with Crippen molar-refractivity contribution in [2.45, 2.75) is 6.92 Å². The molecule has 0 aliphatic rings. The van der Waals surface area contributed by atoms with Crippen LogP contribution in [-0.2, 0) is 0 Å². The van der Waals surface area contributed by atoms with Crippen molar-refractivity contribution in [3.05, 3.63) is 10.3 Å². The second-order valence-corrected chi connectivity index (χ2v) is 1.61. The van der Waals surface area contributed by atoms with Crippen LogP contribution in [0.5, 0.6) is 0 Å². The summed E-state index contributed by atoms with van der Waals surface area (Å²) in [4.78, 5) is 0. The first-order valence-corrected chi connectivity index (χ1v) is 2.22. The van der Waals surface area contributed by atoms with Gasteiger partial charge in [-0.2, -0.15) is 5.16 Å². The molecule has 38 valence electrons. The Morgan fingerprint density at radius 2 is 2.57 bits per heavy atom. The van der Waals surface area contributed by atoms with E-state index in [1.54, 1.807) is 6.92 Å². The highest BCUT2D eigenvalue weighted by Crippen LogP contribution is 1.88. The smallest absolute Gasteiger partial charge is 0.161 e. The number of hydrogen-bond acceptors (Lipinski definition) is 3. The maximum Gasteiger partial charge on any atom is 0.161 e. The number of nitrogens with zero attached hydrogens (tertiary/aromatic N) is 1. The summed E-state index contributed by atoms with van der Waals surface area (Å²) in [7, 11) is 0. The van der Waals surface area contributed by atoms with Gasteiger partial charge in [0, 0.05) is 0 Å². The summed E-state index contributed by atoms with van der Waals surface area (Å²) >= 11 is 4.67. The van der Waals surface area contributed by atoms with E-state index in [0.717, 1.165) is 5.69 Å². The Bertz CT molecular complexity index is 201. The Hall–Kier alpha value is -0.640. The molecule has 0 bridgehead atoms. The molecular weight excluding hydrogens is 112 g/mol. The fourth-order valence-corrected chi connectivity index (χ4v) is 0.323. The molecule has 1 rings (SSSR count). The first kappa shape index (κ1) is 4.52. The molecule has 0 unspecified atom stereocenters. The van der Waals surface area contributed by atoms with Crippen molar-refractivity contribution in [3.8, 4) is 0 Å². The van der Waals surface area contributed by atoms with Gasteiger partial charge < -0.3 is 0 Å². The SMILES string of the molecule is Cc1no[nH]c1=S. The minimum absolute atomic E-state index is 0.569. The molecule has 1 heterocycles. The largest absolute Gasteiger partial charge is 0.269 e. The molecule has 4 heteroatoms. The number of aromatic amines is 1. The molecule has 0 amide bonds. The van der Waals surface area contributed by atoms with Gasteiger partial charge in [0.2, 0.25) is 0 Å². The monoisotopic (exact) mass is 116 g/mol. The van der Waals surface area contributed by atoms with Crippen molar-refractivity contribution in [3.63, 3.8) is 0 Å². The first-order chi connectivity index (χ1) is 3.30. The van der Waals surface area contributed by atoms with E-state index in [9.17, 15) is 0 Å². The summed E-state index contributed by atoms with van der Waals surface area (Å²) in [6.45, 7) is 1.78. The zero-order valence-electron chi connectivity index (χ0n) is 3.76. The van der Waals surface area contributed by atoms with Crippen LogP contribution < -0.4 is 0 Å². The number of H-pyrrole nitrogens is 1. The maximum atomic E-state index is 4.67. The first-order valence-electron chi connectivity index (χ1n) is 1.81. The number of rotatable bonds is 0. The fourth-order valence-electron chi connectivity index (χ4n) is 0.248. The molecule has 0 saturated carbocycles. The highest BCUT2D eigenvalue weighted by Gasteiger charge is 1.86. The van der Waals surface area contributed by atoms with E-state index in [0.29, 0.717) is 4.64 Å². The lowest BCUT2D eigenvalue weighted by Gasteiger charge is -1.61. The van der Waals surface area contributed by atoms with E-state index in [1.807, 2.05) is 0 Å². The van der Waals surface area contributed by atoms with Crippen LogP contribution in [-0.4, -0.2) is 10.3 Å². The highest BCUT2D eigenvalue weighted by molar-refractivity contribution is 7.71. The number of aryl methyl sites for hydroxylation is 1. The molecule has 0 fully saturated rings. The Balaban J connectivity index is 3.39. The zero-order chi connectivity index (χ0) is 5.28. The van der Waals surface area contributed by atoms with E-state index in [4.69, 9.17) is 0 Å². The van der Waals surface area contributed by atoms with Crippen LogP contribution in [0.15, 0.2) is 4.63 Å². The number of aromatic nitrogens is 2. The molecule has 0 spiro atoms. The van der Waals surface area contributed by atoms with Gasteiger partial charge in [-0.05, 0) is 6.92 Å². The quantitative estimate of drug-likeness (QED) is 0.515. The van der Waals surface area contributed by atoms with Gasteiger partial charge >= 0.3 is 0 Å². The summed E-state index contributed by atoms with van der Waals surface area (Å²) < 4.78 is 4.94. The second-order valence-electron chi connectivity index (χ2n) is 1.20. The van der Waals surface area contributed by atoms with E-state index < -0.39 is 0 Å². The van der Waals surface area contributed by atoms with Crippen LogP contribution in [0.2, 0.25) is 0 Å². The molecule has 0 saturated heterocycles. The summed E-state index contributed by atoms with van der Waals surface area (Å²) in [5.74, 6) is 0. The molecular formula is C3H4N2OS. The molecule has 1 aromatic heterocycles. The van der Waals surface area contributed by atoms with Gasteiger partial charge in [-0.3, -0.25) is 4.63 Å². The summed E-state index contributed by atoms with van der Waals surface area (Å²) in [6, 6.07) is 0. The summed E-state index contributed by atoms with van der Waals surface area (Å²) in [5, 5.41) is 5.88. The minimum Gasteiger partial charge on any atom is -0.269 e. The molecule has 0 radical (unpaired) electrons. The average Bonchev–Trinajstić information content (AvgIpc) is 1.91. The molecule has 3 nitrogen and oxygen atoms in total. The van der Waals surface area contributed by atoms with E-state index in [1.165, 1.54) is 0 Å². The standard InChI is InChI=1S/C3H4N2OS/c1-2-3(7)5-6-4-2/h1H3,(H,5,7). The third-order valence-electron chi connectivity index (χ3n) is 0.650. The van der Waals surface area contributed by atoms with Gasteiger partial charge in [-0.15, -0.1) is 0 Å². The van der Waals surface area contributed by atoms with Crippen LogP contribution in [0.3, 0.4) is 0 Å². The molecule has 0 aliphatic carbocycles. The van der Waals surface area contributed by atoms with Crippen molar-refractivity contribution in [2.24, 2.45) is 0 Å². The summed E-state index contributed by atoms with van der Waals surface area (Å²) in [6.07, 6.45) is 0. The lowest BCUT2D eigenvalue weighted by atomic mass is 10.6. The maximum absolute atomic E-state index is 4.67. The Morgan fingerprint density at radius 3 is 2.71 bits per heavy atom. The van der Waals surface area contributed by atoms with Crippen molar-refractivity contribution < 1.29 is 4.63 Å². The predicted octanol–water partition coefficient (Wildman–Crippen LogP) is 1.04. The molecule has 7 heavy (non-hydrogen) atoms. The normalized spacial score (nSPS) is 9.29. The number of hydrogen-bond donors (Lipinski definition) is 1. The van der Waals surface area contributed by atoms with Gasteiger partial charge in [0.25, 0.3) is 0 Å². The van der Waals surface area contributed by atoms with Crippen molar-refractivity contribution >= 4 is 12.2 Å². The Morgan fingerprint density at radius 1 is 1.86 bits per heavy atom. The zero-order valence-corrected chi connectivity index (χ0v) is 4.58. The number of nitrogens with one attached hydrogen (secondary N) is 1. The van der Waals surface area contributed by atoms with E-state index >= 15 is 0 Å². The van der Waals surface area contributed by atoms with E-state index in [2.05, 4.69) is 27.2 Å². The average molecular weight is 116 g/mol. The molecule has 1 N–H and O–H groups in total. The summed E-state index contributed by atoms with van der Waals surface area (Å²) in [5.41, 5.74) is 0.731. The third-order valence-corrected chi connectivity index (χ3v) is 1.03. The van der Waals surface area contributed by atoms with Crippen LogP contribution >= 0.6 is 12.2 Å². The third kappa shape index (κ3) is 0.691. The van der Waals surface area contributed by atoms with Crippen molar-refractivity contribution in [2.75, 3.05) is 0 Å². The van der Waals surface area contributed by atoms with Crippen molar-refractivity contribution in [1.29, 1.82) is 0 Å². The van der Waals surface area contributed by atoms with Crippen LogP contribution in [0.1, 0.15) is 5.69 Å². The molecule has 0 aromatic carbocycles. The van der Waals surface area contributed by atoms with E-state index in [-0.39, 0.29) is 0 Å². The van der Waals surface area contributed by atoms with Gasteiger partial charge in [0.05, 0.1) is 0 Å². The Kier molecular flexibility index (Phi) is 0.941. The molecule has 1 aromatic rings. The fraction of sp³-hybridized carbons (Fsp3) is 0.333. The predicted molar refractivity (Wildman–Crippen MR) is 26.4 cm³/mol. The topological polar surface area (TPSA) is 41.8 Å². The van der Waals surface area contributed by atoms with Gasteiger partial charge in [0.15, 0.2) is 4.64 Å². The van der Waals surface area contributed by atoms with Gasteiger partial charge in [0.1, 0.15) is 5.69 Å². The van der Waals surface area contributed by atoms with Crippen LogP contribution in [0, 0.1) is 11.6 Å². The van der Waals surface area contributed by atoms with Gasteiger partial charge in [-0.1, -0.05) is 17.4 Å². The molecule has 0 aliphatic heterocycles. The lowest BCUT2D eigenvalue weighted by Crippen LogP contribution is -1.64. The van der Waals surface area contributed by atoms with Gasteiger partial charge in [-0.25, -0.2) is 0 Å². The van der Waals surface area contributed by atoms with Crippen LogP contribution in [0.4, 0.5) is 0 Å². The second kappa shape index (κ2) is 1.46.